The SMILES string of the molecule is OCC(Cc1ccc(Br)s1)c1ccccc1F. The molecule has 2 aromatic rings. The molecule has 1 aromatic heterocycles. The van der Waals surface area contributed by atoms with Gasteiger partial charge in [-0.25, -0.2) is 4.39 Å². The van der Waals surface area contributed by atoms with Crippen LogP contribution < -0.4 is 0 Å². The van der Waals surface area contributed by atoms with Gasteiger partial charge in [-0.1, -0.05) is 18.2 Å². The Kier molecular flexibility index (Phi) is 4.31. The van der Waals surface area contributed by atoms with Crippen LogP contribution in [0.1, 0.15) is 16.4 Å². The van der Waals surface area contributed by atoms with Crippen molar-refractivity contribution in [2.45, 2.75) is 12.3 Å². The van der Waals surface area contributed by atoms with Crippen molar-refractivity contribution in [3.63, 3.8) is 0 Å². The minimum absolute atomic E-state index is 0.0452. The number of halogens is 2. The fraction of sp³-hybridized carbons (Fsp3) is 0.231. The first-order valence-electron chi connectivity index (χ1n) is 5.30. The minimum Gasteiger partial charge on any atom is -0.396 e. The Balaban J connectivity index is 2.20. The number of thiophene rings is 1. The number of hydrogen-bond donors (Lipinski definition) is 1. The van der Waals surface area contributed by atoms with E-state index in [-0.39, 0.29) is 18.3 Å². The van der Waals surface area contributed by atoms with Gasteiger partial charge in [-0.2, -0.15) is 0 Å². The summed E-state index contributed by atoms with van der Waals surface area (Å²) in [5.41, 5.74) is 0.583. The van der Waals surface area contributed by atoms with E-state index < -0.39 is 0 Å². The van der Waals surface area contributed by atoms with E-state index in [0.717, 1.165) is 8.66 Å². The zero-order chi connectivity index (χ0) is 12.3. The highest BCUT2D eigenvalue weighted by atomic mass is 79.9. The molecule has 4 heteroatoms. The standard InChI is InChI=1S/C13H12BrFOS/c14-13-6-5-10(17-13)7-9(8-16)11-3-1-2-4-12(11)15/h1-6,9,16H,7-8H2. The van der Waals surface area contributed by atoms with Crippen molar-refractivity contribution in [1.82, 2.24) is 0 Å². The molecule has 0 bridgehead atoms. The van der Waals surface area contributed by atoms with Crippen LogP contribution in [0.4, 0.5) is 4.39 Å². The van der Waals surface area contributed by atoms with Crippen molar-refractivity contribution in [2.24, 2.45) is 0 Å². The van der Waals surface area contributed by atoms with Gasteiger partial charge >= 0.3 is 0 Å². The quantitative estimate of drug-likeness (QED) is 0.905. The molecule has 0 radical (unpaired) electrons. The summed E-state index contributed by atoms with van der Waals surface area (Å²) in [5, 5.41) is 9.40. The number of rotatable bonds is 4. The zero-order valence-corrected chi connectivity index (χ0v) is 11.5. The molecule has 1 N–H and O–H groups in total. The van der Waals surface area contributed by atoms with E-state index in [1.807, 2.05) is 12.1 Å². The lowest BCUT2D eigenvalue weighted by atomic mass is 9.95. The summed E-state index contributed by atoms with van der Waals surface area (Å²) in [7, 11) is 0. The summed E-state index contributed by atoms with van der Waals surface area (Å²) in [6.45, 7) is -0.0452. The van der Waals surface area contributed by atoms with Gasteiger partial charge in [0.25, 0.3) is 0 Å². The first-order chi connectivity index (χ1) is 8.20. The van der Waals surface area contributed by atoms with Gasteiger partial charge in [0.1, 0.15) is 5.82 Å². The fourth-order valence-corrected chi connectivity index (χ4v) is 3.35. The Bertz CT molecular complexity index is 498. The van der Waals surface area contributed by atoms with Gasteiger partial charge in [0.05, 0.1) is 10.4 Å². The van der Waals surface area contributed by atoms with Gasteiger partial charge in [-0.05, 0) is 46.1 Å². The molecular weight excluding hydrogens is 303 g/mol. The Labute approximate surface area is 112 Å². The molecule has 0 amide bonds. The van der Waals surface area contributed by atoms with Crippen molar-refractivity contribution >= 4 is 27.3 Å². The van der Waals surface area contributed by atoms with Crippen molar-refractivity contribution in [3.8, 4) is 0 Å². The summed E-state index contributed by atoms with van der Waals surface area (Å²) < 4.78 is 14.7. The van der Waals surface area contributed by atoms with Crippen molar-refractivity contribution in [1.29, 1.82) is 0 Å². The topological polar surface area (TPSA) is 20.2 Å². The highest BCUT2D eigenvalue weighted by molar-refractivity contribution is 9.11. The second-order valence-corrected chi connectivity index (χ2v) is 6.36. The summed E-state index contributed by atoms with van der Waals surface area (Å²) in [4.78, 5) is 1.14. The number of aliphatic hydroxyl groups excluding tert-OH is 1. The van der Waals surface area contributed by atoms with Crippen LogP contribution >= 0.6 is 27.3 Å². The molecule has 1 atom stereocenters. The molecule has 0 saturated heterocycles. The van der Waals surface area contributed by atoms with E-state index in [1.54, 1.807) is 29.5 Å². The Morgan fingerprint density at radius 2 is 2.00 bits per heavy atom. The summed E-state index contributed by atoms with van der Waals surface area (Å²) in [5.74, 6) is -0.427. The minimum atomic E-state index is -0.248. The molecule has 0 aliphatic heterocycles. The highest BCUT2D eigenvalue weighted by Gasteiger charge is 2.16. The van der Waals surface area contributed by atoms with E-state index >= 15 is 0 Å². The molecule has 0 aliphatic rings. The molecule has 0 saturated carbocycles. The number of aliphatic hydroxyl groups is 1. The Morgan fingerprint density at radius 1 is 1.24 bits per heavy atom. The van der Waals surface area contributed by atoms with Gasteiger partial charge in [0.15, 0.2) is 0 Å². The molecule has 2 rings (SSSR count). The van der Waals surface area contributed by atoms with Crippen LogP contribution in [-0.4, -0.2) is 11.7 Å². The van der Waals surface area contributed by atoms with Crippen LogP contribution in [0.25, 0.3) is 0 Å². The number of benzene rings is 1. The molecule has 17 heavy (non-hydrogen) atoms. The van der Waals surface area contributed by atoms with Crippen molar-refractivity contribution in [2.75, 3.05) is 6.61 Å². The summed E-state index contributed by atoms with van der Waals surface area (Å²) >= 11 is 5.01. The first kappa shape index (κ1) is 12.7. The van der Waals surface area contributed by atoms with Crippen LogP contribution in [0.2, 0.25) is 0 Å². The number of hydrogen-bond acceptors (Lipinski definition) is 2. The largest absolute Gasteiger partial charge is 0.396 e. The third-order valence-corrected chi connectivity index (χ3v) is 4.29. The molecule has 0 spiro atoms. The summed E-state index contributed by atoms with van der Waals surface area (Å²) in [6, 6.07) is 10.6. The third kappa shape index (κ3) is 3.15. The summed E-state index contributed by atoms with van der Waals surface area (Å²) in [6.07, 6.45) is 0.660. The smallest absolute Gasteiger partial charge is 0.126 e. The average molecular weight is 315 g/mol. The predicted molar refractivity (Wildman–Crippen MR) is 71.9 cm³/mol. The maximum atomic E-state index is 13.6. The second kappa shape index (κ2) is 5.76. The van der Waals surface area contributed by atoms with E-state index in [1.165, 1.54) is 6.07 Å². The Hall–Kier alpha value is -0.710. The van der Waals surface area contributed by atoms with Gasteiger partial charge in [0.2, 0.25) is 0 Å². The normalized spacial score (nSPS) is 12.6. The Morgan fingerprint density at radius 3 is 2.59 bits per heavy atom. The fourth-order valence-electron chi connectivity index (χ4n) is 1.78. The van der Waals surface area contributed by atoms with Crippen LogP contribution in [-0.2, 0) is 6.42 Å². The molecule has 1 unspecified atom stereocenters. The van der Waals surface area contributed by atoms with Gasteiger partial charge in [0, 0.05) is 10.8 Å². The lowest BCUT2D eigenvalue weighted by Gasteiger charge is -2.14. The van der Waals surface area contributed by atoms with Crippen LogP contribution in [0.15, 0.2) is 40.2 Å². The van der Waals surface area contributed by atoms with Crippen LogP contribution in [0.3, 0.4) is 0 Å². The van der Waals surface area contributed by atoms with Crippen molar-refractivity contribution in [3.05, 3.63) is 56.4 Å². The van der Waals surface area contributed by atoms with E-state index in [0.29, 0.717) is 12.0 Å². The van der Waals surface area contributed by atoms with Gasteiger partial charge in [-0.15, -0.1) is 11.3 Å². The molecule has 1 aromatic carbocycles. The monoisotopic (exact) mass is 314 g/mol. The molecule has 1 heterocycles. The van der Waals surface area contributed by atoms with Crippen molar-refractivity contribution < 1.29 is 9.50 Å². The molecular formula is C13H12BrFOS. The maximum Gasteiger partial charge on any atom is 0.126 e. The van der Waals surface area contributed by atoms with Gasteiger partial charge in [-0.3, -0.25) is 0 Å². The average Bonchev–Trinajstić information content (AvgIpc) is 2.73. The van der Waals surface area contributed by atoms with E-state index in [9.17, 15) is 9.50 Å². The molecule has 1 nitrogen and oxygen atoms in total. The predicted octanol–water partition coefficient (Wildman–Crippen LogP) is 3.97. The highest BCUT2D eigenvalue weighted by Crippen LogP contribution is 2.28. The van der Waals surface area contributed by atoms with Gasteiger partial charge < -0.3 is 5.11 Å². The zero-order valence-electron chi connectivity index (χ0n) is 9.07. The molecule has 0 fully saturated rings. The lowest BCUT2D eigenvalue weighted by Crippen LogP contribution is -2.08. The van der Waals surface area contributed by atoms with Crippen LogP contribution in [0.5, 0.6) is 0 Å². The van der Waals surface area contributed by atoms with Crippen LogP contribution in [0, 0.1) is 5.82 Å². The third-order valence-electron chi connectivity index (χ3n) is 2.64. The molecule has 0 aliphatic carbocycles. The lowest BCUT2D eigenvalue weighted by molar-refractivity contribution is 0.262. The second-order valence-electron chi connectivity index (χ2n) is 3.81. The van der Waals surface area contributed by atoms with E-state index in [4.69, 9.17) is 0 Å². The first-order valence-corrected chi connectivity index (χ1v) is 6.91. The molecule has 90 valence electrons. The maximum absolute atomic E-state index is 13.6. The van der Waals surface area contributed by atoms with E-state index in [2.05, 4.69) is 15.9 Å².